The summed E-state index contributed by atoms with van der Waals surface area (Å²) in [5.74, 6) is -0.333. The van der Waals surface area contributed by atoms with Gasteiger partial charge in [0.15, 0.2) is 0 Å². The number of carbonyl (C=O) groups is 1. The molecule has 7 nitrogen and oxygen atoms in total. The Morgan fingerprint density at radius 3 is 2.23 bits per heavy atom. The van der Waals surface area contributed by atoms with Crippen LogP contribution >= 0.6 is 0 Å². The molecule has 1 aromatic rings. The number of aromatic nitrogens is 2. The lowest BCUT2D eigenvalue weighted by atomic mass is 10.6. The first kappa shape index (κ1) is 11.0. The molecule has 0 aliphatic carbocycles. The second kappa shape index (κ2) is 4.75. The van der Waals surface area contributed by atoms with Crippen molar-refractivity contribution in [1.29, 1.82) is 0 Å². The van der Waals surface area contributed by atoms with Gasteiger partial charge in [-0.25, -0.2) is 4.79 Å². The van der Waals surface area contributed by atoms with E-state index in [-0.39, 0.29) is 11.6 Å². The van der Waals surface area contributed by atoms with Crippen LogP contribution in [0.25, 0.3) is 0 Å². The molecule has 0 aromatic carbocycles. The molecule has 0 saturated carbocycles. The summed E-state index contributed by atoms with van der Waals surface area (Å²) < 4.78 is 0. The van der Waals surface area contributed by atoms with E-state index >= 15 is 0 Å². The van der Waals surface area contributed by atoms with E-state index in [4.69, 9.17) is 5.73 Å². The number of hydrogen-bond acceptors (Lipinski definition) is 4. The highest BCUT2D eigenvalue weighted by Crippen LogP contribution is 1.76. The third kappa shape index (κ3) is 5.24. The molecule has 0 aliphatic rings. The molecule has 72 valence electrons. The second-order valence-corrected chi connectivity index (χ2v) is 2.14. The number of nitrogen functional groups attached to an aromatic ring is 1. The minimum Gasteiger partial charge on any atom is -0.393 e. The largest absolute Gasteiger partial charge is 0.393 e. The van der Waals surface area contributed by atoms with Crippen LogP contribution in [0.2, 0.25) is 0 Å². The second-order valence-electron chi connectivity index (χ2n) is 2.14. The van der Waals surface area contributed by atoms with Crippen molar-refractivity contribution in [1.82, 2.24) is 9.97 Å². The summed E-state index contributed by atoms with van der Waals surface area (Å²) >= 11 is 0. The summed E-state index contributed by atoms with van der Waals surface area (Å²) in [5, 5.41) is 0. The third-order valence-corrected chi connectivity index (χ3v) is 0.848. The molecule has 6 N–H and O–H groups in total. The van der Waals surface area contributed by atoms with E-state index in [1.165, 1.54) is 6.92 Å². The Balaban J connectivity index is 0.000000310. The maximum Gasteiger partial charge on any atom is 0.325 e. The predicted molar refractivity (Wildman–Crippen MR) is 47.0 cm³/mol. The number of nitrogens with one attached hydrogen (secondary N) is 2. The van der Waals surface area contributed by atoms with Crippen LogP contribution in [0.4, 0.5) is 5.69 Å². The molecule has 1 rings (SSSR count). The SMILES string of the molecule is CC(N)=O.Nc1c[nH]c(=O)[nH]c1=O. The Kier molecular flexibility index (Phi) is 4.00. The summed E-state index contributed by atoms with van der Waals surface area (Å²) in [5.41, 5.74) is 8.45. The van der Waals surface area contributed by atoms with E-state index in [9.17, 15) is 14.4 Å². The molecule has 1 aromatic heterocycles. The van der Waals surface area contributed by atoms with Crippen molar-refractivity contribution in [2.24, 2.45) is 5.73 Å². The number of primary amides is 1. The van der Waals surface area contributed by atoms with E-state index in [1.807, 2.05) is 4.98 Å². The Labute approximate surface area is 72.8 Å². The summed E-state index contributed by atoms with van der Waals surface area (Å²) in [7, 11) is 0. The summed E-state index contributed by atoms with van der Waals surface area (Å²) in [6, 6.07) is 0. The van der Waals surface area contributed by atoms with E-state index in [1.54, 1.807) is 0 Å². The van der Waals surface area contributed by atoms with Gasteiger partial charge in [-0.3, -0.25) is 14.6 Å². The van der Waals surface area contributed by atoms with Gasteiger partial charge in [0.1, 0.15) is 5.69 Å². The average Bonchev–Trinajstić information content (AvgIpc) is 1.96. The highest BCUT2D eigenvalue weighted by molar-refractivity contribution is 5.70. The topological polar surface area (TPSA) is 135 Å². The zero-order chi connectivity index (χ0) is 10.4. The maximum atomic E-state index is 10.4. The zero-order valence-electron chi connectivity index (χ0n) is 6.96. The number of aromatic amines is 2. The average molecular weight is 186 g/mol. The van der Waals surface area contributed by atoms with Crippen LogP contribution in [-0.2, 0) is 4.79 Å². The molecule has 13 heavy (non-hydrogen) atoms. The first-order valence-corrected chi connectivity index (χ1v) is 3.27. The van der Waals surface area contributed by atoms with Crippen molar-refractivity contribution in [2.45, 2.75) is 6.92 Å². The maximum absolute atomic E-state index is 10.4. The number of hydrogen-bond donors (Lipinski definition) is 4. The number of amides is 1. The first-order valence-electron chi connectivity index (χ1n) is 3.27. The highest BCUT2D eigenvalue weighted by atomic mass is 16.2. The van der Waals surface area contributed by atoms with E-state index in [0.29, 0.717) is 0 Å². The number of nitrogens with two attached hydrogens (primary N) is 2. The van der Waals surface area contributed by atoms with Crippen molar-refractivity contribution < 1.29 is 4.79 Å². The van der Waals surface area contributed by atoms with Crippen LogP contribution in [-0.4, -0.2) is 15.9 Å². The van der Waals surface area contributed by atoms with Gasteiger partial charge in [0.2, 0.25) is 5.91 Å². The van der Waals surface area contributed by atoms with Gasteiger partial charge in [0.25, 0.3) is 5.56 Å². The number of H-pyrrole nitrogens is 2. The van der Waals surface area contributed by atoms with Gasteiger partial charge in [0.05, 0.1) is 0 Å². The van der Waals surface area contributed by atoms with Crippen LogP contribution in [0.5, 0.6) is 0 Å². The number of rotatable bonds is 0. The Morgan fingerprint density at radius 2 is 1.92 bits per heavy atom. The summed E-state index contributed by atoms with van der Waals surface area (Å²) in [6.07, 6.45) is 1.15. The monoisotopic (exact) mass is 186 g/mol. The lowest BCUT2D eigenvalue weighted by Crippen LogP contribution is -2.23. The molecule has 0 atom stereocenters. The van der Waals surface area contributed by atoms with Crippen molar-refractivity contribution in [3.8, 4) is 0 Å². The smallest absolute Gasteiger partial charge is 0.325 e. The van der Waals surface area contributed by atoms with Crippen LogP contribution in [0.3, 0.4) is 0 Å². The quantitative estimate of drug-likeness (QED) is 0.377. The lowest BCUT2D eigenvalue weighted by molar-refractivity contribution is -0.115. The molecule has 7 heteroatoms. The molecule has 0 radical (unpaired) electrons. The number of carbonyl (C=O) groups excluding carboxylic acids is 1. The predicted octanol–water partition coefficient (Wildman–Crippen LogP) is -1.86. The Morgan fingerprint density at radius 1 is 1.46 bits per heavy atom. The van der Waals surface area contributed by atoms with Crippen LogP contribution in [0, 0.1) is 0 Å². The van der Waals surface area contributed by atoms with E-state index in [2.05, 4.69) is 10.7 Å². The standard InChI is InChI=1S/C4H5N3O2.C2H5NO/c5-2-1-6-4(9)7-3(2)8;1-2(3)4/h1H,5H2,(H2,6,7,8,9);1H3,(H2,3,4). The molecule has 0 spiro atoms. The molecule has 1 heterocycles. The summed E-state index contributed by atoms with van der Waals surface area (Å²) in [4.78, 5) is 34.1. The van der Waals surface area contributed by atoms with E-state index in [0.717, 1.165) is 6.20 Å². The van der Waals surface area contributed by atoms with Gasteiger partial charge >= 0.3 is 5.69 Å². The fraction of sp³-hybridized carbons (Fsp3) is 0.167. The Bertz CT molecular complexity index is 387. The molecule has 0 bridgehead atoms. The van der Waals surface area contributed by atoms with Crippen LogP contribution in [0.1, 0.15) is 6.92 Å². The van der Waals surface area contributed by atoms with Crippen molar-refractivity contribution in [2.75, 3.05) is 5.73 Å². The first-order chi connectivity index (χ1) is 5.93. The molecular formula is C6H10N4O3. The molecule has 0 saturated heterocycles. The molecule has 0 fully saturated rings. The van der Waals surface area contributed by atoms with Crippen molar-refractivity contribution >= 4 is 11.6 Å². The highest BCUT2D eigenvalue weighted by Gasteiger charge is 1.89. The molecule has 0 aliphatic heterocycles. The van der Waals surface area contributed by atoms with Crippen LogP contribution < -0.4 is 22.7 Å². The van der Waals surface area contributed by atoms with Gasteiger partial charge in [-0.15, -0.1) is 0 Å². The number of anilines is 1. The van der Waals surface area contributed by atoms with Crippen molar-refractivity contribution in [3.63, 3.8) is 0 Å². The normalized spacial score (nSPS) is 8.38. The van der Waals surface area contributed by atoms with Gasteiger partial charge in [-0.1, -0.05) is 0 Å². The van der Waals surface area contributed by atoms with Gasteiger partial charge < -0.3 is 16.5 Å². The van der Waals surface area contributed by atoms with Crippen LogP contribution in [0.15, 0.2) is 15.8 Å². The van der Waals surface area contributed by atoms with E-state index < -0.39 is 11.2 Å². The molecular weight excluding hydrogens is 176 g/mol. The fourth-order valence-corrected chi connectivity index (χ4v) is 0.420. The van der Waals surface area contributed by atoms with Crippen molar-refractivity contribution in [3.05, 3.63) is 27.0 Å². The zero-order valence-corrected chi connectivity index (χ0v) is 6.96. The molecule has 1 amide bonds. The third-order valence-electron chi connectivity index (χ3n) is 0.848. The fourth-order valence-electron chi connectivity index (χ4n) is 0.420. The van der Waals surface area contributed by atoms with Gasteiger partial charge in [0, 0.05) is 13.1 Å². The molecule has 0 unspecified atom stereocenters. The minimum absolute atomic E-state index is 0.00889. The van der Waals surface area contributed by atoms with Gasteiger partial charge in [-0.2, -0.15) is 0 Å². The summed E-state index contributed by atoms with van der Waals surface area (Å²) in [6.45, 7) is 1.31. The lowest BCUT2D eigenvalue weighted by Gasteiger charge is -1.85. The Hall–Kier alpha value is -2.05. The van der Waals surface area contributed by atoms with Gasteiger partial charge in [-0.05, 0) is 0 Å². The minimum atomic E-state index is -0.557.